The van der Waals surface area contributed by atoms with Gasteiger partial charge in [-0.2, -0.15) is 0 Å². The first-order valence-electron chi connectivity index (χ1n) is 6.94. The summed E-state index contributed by atoms with van der Waals surface area (Å²) in [6.07, 6.45) is 0. The van der Waals surface area contributed by atoms with Gasteiger partial charge in [0, 0.05) is 17.9 Å². The van der Waals surface area contributed by atoms with Gasteiger partial charge in [0.25, 0.3) is 0 Å². The third kappa shape index (κ3) is 2.65. The van der Waals surface area contributed by atoms with E-state index >= 15 is 0 Å². The number of fused-ring (bicyclic) bond motifs is 2. The molecule has 0 saturated carbocycles. The Balaban J connectivity index is 2.20. The molecule has 0 fully saturated rings. The van der Waals surface area contributed by atoms with Gasteiger partial charge in [-0.05, 0) is 35.0 Å². The van der Waals surface area contributed by atoms with E-state index in [1.165, 1.54) is 0 Å². The molecule has 0 aliphatic rings. The zero-order valence-corrected chi connectivity index (χ0v) is 12.3. The van der Waals surface area contributed by atoms with E-state index in [1.54, 1.807) is 14.2 Å². The molecule has 0 aliphatic heterocycles. The largest absolute Gasteiger partial charge is 0.497 e. The fourth-order valence-corrected chi connectivity index (χ4v) is 2.52. The fourth-order valence-electron chi connectivity index (χ4n) is 2.52. The molecule has 3 rings (SSSR count). The predicted molar refractivity (Wildman–Crippen MR) is 85.4 cm³/mol. The van der Waals surface area contributed by atoms with Crippen molar-refractivity contribution in [3.05, 3.63) is 48.5 Å². The molecule has 0 bridgehead atoms. The zero-order chi connectivity index (χ0) is 14.7. The highest BCUT2D eigenvalue weighted by molar-refractivity contribution is 6.05. The van der Waals surface area contributed by atoms with Gasteiger partial charge in [-0.25, -0.2) is 0 Å². The molecule has 0 spiro atoms. The maximum Gasteiger partial charge on any atom is 0.135 e. The Morgan fingerprint density at radius 1 is 0.810 bits per heavy atom. The van der Waals surface area contributed by atoms with Crippen molar-refractivity contribution in [2.75, 3.05) is 27.4 Å². The van der Waals surface area contributed by atoms with Crippen molar-refractivity contribution in [3.63, 3.8) is 0 Å². The summed E-state index contributed by atoms with van der Waals surface area (Å²) in [4.78, 5) is 0. The third-order valence-corrected chi connectivity index (χ3v) is 3.55. The van der Waals surface area contributed by atoms with Crippen LogP contribution in [-0.2, 0) is 4.74 Å². The van der Waals surface area contributed by atoms with Crippen molar-refractivity contribution in [1.82, 2.24) is 0 Å². The summed E-state index contributed by atoms with van der Waals surface area (Å²) in [5, 5.41) is 4.48. The molecule has 0 radical (unpaired) electrons. The average Bonchev–Trinajstić information content (AvgIpc) is 2.53. The summed E-state index contributed by atoms with van der Waals surface area (Å²) in [6, 6.07) is 16.4. The van der Waals surface area contributed by atoms with E-state index in [1.807, 2.05) is 30.3 Å². The molecule has 0 unspecified atom stereocenters. The fraction of sp³-hybridized carbons (Fsp3) is 0.222. The van der Waals surface area contributed by atoms with E-state index < -0.39 is 0 Å². The highest BCUT2D eigenvalue weighted by Crippen LogP contribution is 2.36. The summed E-state index contributed by atoms with van der Waals surface area (Å²) in [5.74, 6) is 1.75. The number of hydrogen-bond acceptors (Lipinski definition) is 3. The molecule has 21 heavy (non-hydrogen) atoms. The normalized spacial score (nSPS) is 11.0. The van der Waals surface area contributed by atoms with Crippen molar-refractivity contribution in [3.8, 4) is 11.5 Å². The van der Waals surface area contributed by atoms with Gasteiger partial charge in [-0.15, -0.1) is 0 Å². The van der Waals surface area contributed by atoms with Gasteiger partial charge >= 0.3 is 0 Å². The molecule has 0 heterocycles. The van der Waals surface area contributed by atoms with Crippen molar-refractivity contribution < 1.29 is 14.2 Å². The van der Waals surface area contributed by atoms with Crippen LogP contribution in [0, 0.1) is 0 Å². The van der Waals surface area contributed by atoms with Crippen LogP contribution < -0.4 is 9.47 Å². The lowest BCUT2D eigenvalue weighted by molar-refractivity contribution is 0.148. The lowest BCUT2D eigenvalue weighted by Gasteiger charge is -2.13. The minimum Gasteiger partial charge on any atom is -0.497 e. The second-order valence-electron chi connectivity index (χ2n) is 4.86. The molecule has 0 amide bonds. The molecule has 3 heteroatoms. The topological polar surface area (TPSA) is 27.7 Å². The monoisotopic (exact) mass is 282 g/mol. The molecule has 0 aliphatic carbocycles. The molecule has 0 saturated heterocycles. The van der Waals surface area contributed by atoms with E-state index in [-0.39, 0.29) is 0 Å². The van der Waals surface area contributed by atoms with Gasteiger partial charge in [0.2, 0.25) is 0 Å². The smallest absolute Gasteiger partial charge is 0.135 e. The Morgan fingerprint density at radius 3 is 2.43 bits per heavy atom. The number of benzene rings is 3. The average molecular weight is 282 g/mol. The second kappa shape index (κ2) is 6.02. The molecule has 0 atom stereocenters. The predicted octanol–water partition coefficient (Wildman–Crippen LogP) is 4.03. The molecule has 0 N–H and O–H groups in total. The van der Waals surface area contributed by atoms with E-state index in [0.717, 1.165) is 33.0 Å². The second-order valence-corrected chi connectivity index (χ2v) is 4.86. The van der Waals surface area contributed by atoms with Gasteiger partial charge in [-0.3, -0.25) is 0 Å². The number of hydrogen-bond donors (Lipinski definition) is 0. The van der Waals surface area contributed by atoms with Gasteiger partial charge in [0.15, 0.2) is 0 Å². The van der Waals surface area contributed by atoms with Gasteiger partial charge in [0.1, 0.15) is 18.1 Å². The minimum atomic E-state index is 0.533. The van der Waals surface area contributed by atoms with E-state index in [9.17, 15) is 0 Å². The summed E-state index contributed by atoms with van der Waals surface area (Å²) >= 11 is 0. The first kappa shape index (κ1) is 13.7. The van der Waals surface area contributed by atoms with Crippen LogP contribution in [0.15, 0.2) is 48.5 Å². The lowest BCUT2D eigenvalue weighted by Crippen LogP contribution is -2.05. The first-order valence-corrected chi connectivity index (χ1v) is 6.94. The van der Waals surface area contributed by atoms with Crippen molar-refractivity contribution in [2.45, 2.75) is 0 Å². The van der Waals surface area contributed by atoms with Crippen LogP contribution in [0.3, 0.4) is 0 Å². The van der Waals surface area contributed by atoms with E-state index in [2.05, 4.69) is 18.2 Å². The summed E-state index contributed by atoms with van der Waals surface area (Å²) in [6.45, 7) is 1.10. The quantitative estimate of drug-likeness (QED) is 0.522. The van der Waals surface area contributed by atoms with Crippen LogP contribution >= 0.6 is 0 Å². The van der Waals surface area contributed by atoms with Crippen LogP contribution in [-0.4, -0.2) is 27.4 Å². The van der Waals surface area contributed by atoms with Gasteiger partial charge < -0.3 is 14.2 Å². The van der Waals surface area contributed by atoms with Crippen molar-refractivity contribution in [1.29, 1.82) is 0 Å². The summed E-state index contributed by atoms with van der Waals surface area (Å²) in [5.41, 5.74) is 0. The first-order chi connectivity index (χ1) is 10.3. The zero-order valence-electron chi connectivity index (χ0n) is 12.3. The molecule has 108 valence electrons. The third-order valence-electron chi connectivity index (χ3n) is 3.55. The Bertz CT molecular complexity index is 765. The van der Waals surface area contributed by atoms with Crippen LogP contribution in [0.25, 0.3) is 21.5 Å². The Morgan fingerprint density at radius 2 is 1.62 bits per heavy atom. The molecule has 0 aromatic heterocycles. The van der Waals surface area contributed by atoms with E-state index in [4.69, 9.17) is 14.2 Å². The molecular formula is C18H18O3. The van der Waals surface area contributed by atoms with E-state index in [0.29, 0.717) is 13.2 Å². The van der Waals surface area contributed by atoms with Crippen LogP contribution in [0.2, 0.25) is 0 Å². The van der Waals surface area contributed by atoms with Crippen LogP contribution in [0.1, 0.15) is 0 Å². The van der Waals surface area contributed by atoms with Crippen LogP contribution in [0.5, 0.6) is 11.5 Å². The van der Waals surface area contributed by atoms with Crippen molar-refractivity contribution in [2.24, 2.45) is 0 Å². The molecule has 3 aromatic rings. The van der Waals surface area contributed by atoms with Gasteiger partial charge in [-0.1, -0.05) is 24.3 Å². The molecular weight excluding hydrogens is 264 g/mol. The van der Waals surface area contributed by atoms with Gasteiger partial charge in [0.05, 0.1) is 13.7 Å². The van der Waals surface area contributed by atoms with Crippen molar-refractivity contribution >= 4 is 21.5 Å². The Hall–Kier alpha value is -2.26. The highest BCUT2D eigenvalue weighted by atomic mass is 16.5. The minimum absolute atomic E-state index is 0.533. The number of rotatable bonds is 5. The maximum absolute atomic E-state index is 5.98. The number of ether oxygens (including phenoxy) is 3. The van der Waals surface area contributed by atoms with Crippen LogP contribution in [0.4, 0.5) is 0 Å². The summed E-state index contributed by atoms with van der Waals surface area (Å²) in [7, 11) is 3.35. The molecule has 3 aromatic carbocycles. The maximum atomic E-state index is 5.98. The standard InChI is InChI=1S/C18H18O3/c1-19-9-10-21-18-16-6-4-3-5-13(16)11-14-12-15(20-2)7-8-17(14)18/h3-8,11-12H,9-10H2,1-2H3. The highest BCUT2D eigenvalue weighted by Gasteiger charge is 2.09. The lowest BCUT2D eigenvalue weighted by atomic mass is 10.0. The molecule has 3 nitrogen and oxygen atoms in total. The Labute approximate surface area is 124 Å². The SMILES string of the molecule is COCCOc1c2ccccc2cc2cc(OC)ccc12. The summed E-state index contributed by atoms with van der Waals surface area (Å²) < 4.78 is 16.4. The number of methoxy groups -OCH3 is 2. The Kier molecular flexibility index (Phi) is 3.93.